The molecular weight excluding hydrogens is 338 g/mol. The number of anilines is 1. The molecule has 0 saturated carbocycles. The number of carbonyl (C=O) groups is 2. The zero-order valence-corrected chi connectivity index (χ0v) is 17.2. The van der Waals surface area contributed by atoms with Gasteiger partial charge in [-0.3, -0.25) is 9.59 Å². The maximum Gasteiger partial charge on any atom is 0.306 e. The molecular formula is C23H37NO3. The second kappa shape index (κ2) is 15.2. The molecule has 0 fully saturated rings. The summed E-state index contributed by atoms with van der Waals surface area (Å²) in [6.07, 6.45) is 12.9. The highest BCUT2D eigenvalue weighted by Gasteiger charge is 2.08. The van der Waals surface area contributed by atoms with E-state index in [9.17, 15) is 9.59 Å². The Bertz CT molecular complexity index is 525. The number of hydrogen-bond donors (Lipinski definition) is 1. The Morgan fingerprint density at radius 1 is 0.815 bits per heavy atom. The summed E-state index contributed by atoms with van der Waals surface area (Å²) >= 11 is 0. The minimum Gasteiger partial charge on any atom is -0.466 e. The Morgan fingerprint density at radius 2 is 1.37 bits per heavy atom. The Morgan fingerprint density at radius 3 is 1.96 bits per heavy atom. The fourth-order valence-corrected chi connectivity index (χ4v) is 2.92. The summed E-state index contributed by atoms with van der Waals surface area (Å²) in [6.45, 7) is 4.71. The van der Waals surface area contributed by atoms with Gasteiger partial charge in [-0.25, -0.2) is 0 Å². The number of hydrogen-bond acceptors (Lipinski definition) is 3. The molecule has 0 aliphatic carbocycles. The molecule has 0 saturated heterocycles. The van der Waals surface area contributed by atoms with Crippen LogP contribution in [0.2, 0.25) is 0 Å². The van der Waals surface area contributed by atoms with Crippen molar-refractivity contribution >= 4 is 17.6 Å². The van der Waals surface area contributed by atoms with Crippen molar-refractivity contribution in [2.24, 2.45) is 0 Å². The molecule has 27 heavy (non-hydrogen) atoms. The van der Waals surface area contributed by atoms with Gasteiger partial charge in [0.15, 0.2) is 0 Å². The van der Waals surface area contributed by atoms with E-state index in [1.54, 1.807) is 0 Å². The third-order valence-corrected chi connectivity index (χ3v) is 4.65. The Hall–Kier alpha value is -1.84. The summed E-state index contributed by atoms with van der Waals surface area (Å²) in [7, 11) is 0. The average Bonchev–Trinajstić information content (AvgIpc) is 2.66. The zero-order valence-electron chi connectivity index (χ0n) is 17.2. The van der Waals surface area contributed by atoms with Gasteiger partial charge in [-0.05, 0) is 25.5 Å². The summed E-state index contributed by atoms with van der Waals surface area (Å²) in [5.41, 5.74) is 1.90. The number of nitrogens with one attached hydrogen (secondary N) is 1. The summed E-state index contributed by atoms with van der Waals surface area (Å²) in [5.74, 6) is -0.445. The van der Waals surface area contributed by atoms with E-state index < -0.39 is 0 Å². The molecule has 0 heterocycles. The first kappa shape index (κ1) is 23.2. The molecule has 0 aliphatic rings. The zero-order chi connectivity index (χ0) is 19.7. The average molecular weight is 376 g/mol. The van der Waals surface area contributed by atoms with Crippen molar-refractivity contribution in [1.82, 2.24) is 0 Å². The van der Waals surface area contributed by atoms with Gasteiger partial charge in [-0.15, -0.1) is 0 Å². The molecule has 0 radical (unpaired) electrons. The molecule has 1 amide bonds. The molecule has 0 aliphatic heterocycles. The highest BCUT2D eigenvalue weighted by atomic mass is 16.5. The molecule has 0 unspecified atom stereocenters. The molecule has 1 N–H and O–H groups in total. The number of carbonyl (C=O) groups excluding carboxylic acids is 2. The lowest BCUT2D eigenvalue weighted by molar-refractivity contribution is -0.144. The van der Waals surface area contributed by atoms with E-state index in [2.05, 4.69) is 12.2 Å². The van der Waals surface area contributed by atoms with Gasteiger partial charge in [0.25, 0.3) is 0 Å². The quantitative estimate of drug-likeness (QED) is 0.294. The van der Waals surface area contributed by atoms with E-state index in [4.69, 9.17) is 4.74 Å². The molecule has 4 nitrogen and oxygen atoms in total. The smallest absolute Gasteiger partial charge is 0.306 e. The number of rotatable bonds is 15. The van der Waals surface area contributed by atoms with Crippen molar-refractivity contribution < 1.29 is 14.3 Å². The SMILES string of the molecule is CCCCCCCCCCCCOC(=O)CCC(=O)Nc1ccc(C)cc1. The highest BCUT2D eigenvalue weighted by molar-refractivity contribution is 5.92. The van der Waals surface area contributed by atoms with Crippen LogP contribution in [0.5, 0.6) is 0 Å². The maximum absolute atomic E-state index is 11.8. The van der Waals surface area contributed by atoms with Crippen molar-refractivity contribution in [1.29, 1.82) is 0 Å². The largest absolute Gasteiger partial charge is 0.466 e. The van der Waals surface area contributed by atoms with Crippen molar-refractivity contribution in [2.75, 3.05) is 11.9 Å². The lowest BCUT2D eigenvalue weighted by atomic mass is 10.1. The van der Waals surface area contributed by atoms with E-state index in [1.165, 1.54) is 51.4 Å². The third-order valence-electron chi connectivity index (χ3n) is 4.65. The molecule has 0 bridgehead atoms. The van der Waals surface area contributed by atoms with E-state index in [1.807, 2.05) is 31.2 Å². The van der Waals surface area contributed by atoms with Crippen LogP contribution in [0.15, 0.2) is 24.3 Å². The lowest BCUT2D eigenvalue weighted by Gasteiger charge is -2.07. The van der Waals surface area contributed by atoms with Gasteiger partial charge in [0.1, 0.15) is 0 Å². The van der Waals surface area contributed by atoms with Crippen molar-refractivity contribution in [2.45, 2.75) is 90.9 Å². The standard InChI is InChI=1S/C23H37NO3/c1-3-4-5-6-7-8-9-10-11-12-19-27-23(26)18-17-22(25)24-21-15-13-20(2)14-16-21/h13-16H,3-12,17-19H2,1-2H3,(H,24,25). The Kier molecular flexibility index (Phi) is 13.1. The number of esters is 1. The highest BCUT2D eigenvalue weighted by Crippen LogP contribution is 2.11. The molecule has 152 valence electrons. The second-order valence-corrected chi connectivity index (χ2v) is 7.32. The van der Waals surface area contributed by atoms with Crippen molar-refractivity contribution in [3.63, 3.8) is 0 Å². The van der Waals surface area contributed by atoms with E-state index in [0.717, 1.165) is 24.1 Å². The van der Waals surface area contributed by atoms with Gasteiger partial charge >= 0.3 is 5.97 Å². The predicted molar refractivity (Wildman–Crippen MR) is 112 cm³/mol. The van der Waals surface area contributed by atoms with Crippen LogP contribution < -0.4 is 5.32 Å². The van der Waals surface area contributed by atoms with Gasteiger partial charge in [0.2, 0.25) is 5.91 Å². The fourth-order valence-electron chi connectivity index (χ4n) is 2.92. The molecule has 4 heteroatoms. The Balaban J connectivity index is 1.93. The summed E-state index contributed by atoms with van der Waals surface area (Å²) in [6, 6.07) is 7.60. The van der Waals surface area contributed by atoms with Gasteiger partial charge in [0.05, 0.1) is 13.0 Å². The molecule has 1 rings (SSSR count). The van der Waals surface area contributed by atoms with Crippen LogP contribution in [-0.2, 0) is 14.3 Å². The van der Waals surface area contributed by atoms with Crippen LogP contribution >= 0.6 is 0 Å². The summed E-state index contributed by atoms with van der Waals surface area (Å²) in [5, 5.41) is 2.79. The molecule has 0 aromatic heterocycles. The Labute approximate surface area is 165 Å². The summed E-state index contributed by atoms with van der Waals surface area (Å²) in [4.78, 5) is 23.5. The molecule has 1 aromatic carbocycles. The maximum atomic E-state index is 11.8. The number of benzene rings is 1. The lowest BCUT2D eigenvalue weighted by Crippen LogP contribution is -2.14. The minimum absolute atomic E-state index is 0.134. The number of amides is 1. The minimum atomic E-state index is -0.287. The van der Waals surface area contributed by atoms with Crippen LogP contribution in [-0.4, -0.2) is 18.5 Å². The van der Waals surface area contributed by atoms with Crippen LogP contribution in [0.3, 0.4) is 0 Å². The first-order valence-electron chi connectivity index (χ1n) is 10.6. The van der Waals surface area contributed by atoms with Crippen molar-refractivity contribution in [3.8, 4) is 0 Å². The number of aryl methyl sites for hydroxylation is 1. The van der Waals surface area contributed by atoms with Gasteiger partial charge in [-0.1, -0.05) is 82.4 Å². The first-order chi connectivity index (χ1) is 13.1. The van der Waals surface area contributed by atoms with Crippen LogP contribution in [0, 0.1) is 6.92 Å². The van der Waals surface area contributed by atoms with Crippen LogP contribution in [0.1, 0.15) is 89.5 Å². The van der Waals surface area contributed by atoms with Crippen LogP contribution in [0.25, 0.3) is 0 Å². The number of ether oxygens (including phenoxy) is 1. The molecule has 1 aromatic rings. The fraction of sp³-hybridized carbons (Fsp3) is 0.652. The topological polar surface area (TPSA) is 55.4 Å². The van der Waals surface area contributed by atoms with Crippen LogP contribution in [0.4, 0.5) is 5.69 Å². The van der Waals surface area contributed by atoms with Gasteiger partial charge in [-0.2, -0.15) is 0 Å². The van der Waals surface area contributed by atoms with Gasteiger partial charge in [0, 0.05) is 12.1 Å². The monoisotopic (exact) mass is 375 g/mol. The second-order valence-electron chi connectivity index (χ2n) is 7.32. The number of unbranched alkanes of at least 4 members (excludes halogenated alkanes) is 9. The summed E-state index contributed by atoms with van der Waals surface area (Å²) < 4.78 is 5.21. The molecule has 0 spiro atoms. The first-order valence-corrected chi connectivity index (χ1v) is 10.6. The van der Waals surface area contributed by atoms with Gasteiger partial charge < -0.3 is 10.1 Å². The van der Waals surface area contributed by atoms with E-state index in [-0.39, 0.29) is 24.7 Å². The van der Waals surface area contributed by atoms with E-state index in [0.29, 0.717) is 6.61 Å². The predicted octanol–water partition coefficient (Wildman–Crippen LogP) is 6.18. The normalized spacial score (nSPS) is 10.6. The third kappa shape index (κ3) is 13.0. The molecule has 0 atom stereocenters. The van der Waals surface area contributed by atoms with Crippen molar-refractivity contribution in [3.05, 3.63) is 29.8 Å². The van der Waals surface area contributed by atoms with E-state index >= 15 is 0 Å².